The third kappa shape index (κ3) is 4.56. The van der Waals surface area contributed by atoms with E-state index in [-0.39, 0.29) is 0 Å². The van der Waals surface area contributed by atoms with Crippen LogP contribution in [0.3, 0.4) is 0 Å². The van der Waals surface area contributed by atoms with E-state index < -0.39 is 24.5 Å². The monoisotopic (exact) mass is 324 g/mol. The van der Waals surface area contributed by atoms with E-state index in [1.54, 1.807) is 0 Å². The zero-order valence-electron chi connectivity index (χ0n) is 12.6. The van der Waals surface area contributed by atoms with Gasteiger partial charge in [-0.15, -0.1) is 11.3 Å². The number of carbonyl (C=O) groups is 3. The molecule has 0 aromatic carbocycles. The Morgan fingerprint density at radius 2 is 2.05 bits per heavy atom. The van der Waals surface area contributed by atoms with Crippen LogP contribution < -0.4 is 10.6 Å². The number of ether oxygens (including phenoxy) is 1. The molecule has 0 radical (unpaired) electrons. The zero-order chi connectivity index (χ0) is 15.9. The summed E-state index contributed by atoms with van der Waals surface area (Å²) in [5.41, 5.74) is 1.21. The summed E-state index contributed by atoms with van der Waals surface area (Å²) in [5.74, 6) is -1.15. The minimum Gasteiger partial charge on any atom is -0.451 e. The number of esters is 1. The largest absolute Gasteiger partial charge is 0.451 e. The number of fused-ring (bicyclic) bond motifs is 1. The fourth-order valence-electron chi connectivity index (χ4n) is 2.24. The van der Waals surface area contributed by atoms with Crippen molar-refractivity contribution >= 4 is 29.2 Å². The van der Waals surface area contributed by atoms with E-state index in [1.807, 2.05) is 13.0 Å². The van der Waals surface area contributed by atoms with Gasteiger partial charge in [-0.25, -0.2) is 9.59 Å². The second-order valence-corrected chi connectivity index (χ2v) is 6.28. The number of urea groups is 1. The highest BCUT2D eigenvalue weighted by molar-refractivity contribution is 7.14. The molecule has 0 aliphatic heterocycles. The number of hydrogen-bond acceptors (Lipinski definition) is 5. The van der Waals surface area contributed by atoms with Crippen LogP contribution in [0.5, 0.6) is 0 Å². The summed E-state index contributed by atoms with van der Waals surface area (Å²) in [6.45, 7) is 1.94. The molecule has 2 N–H and O–H groups in total. The predicted octanol–water partition coefficient (Wildman–Crippen LogP) is 2.02. The van der Waals surface area contributed by atoms with Crippen LogP contribution in [0.4, 0.5) is 4.79 Å². The van der Waals surface area contributed by atoms with Crippen molar-refractivity contribution in [3.63, 3.8) is 0 Å². The lowest BCUT2D eigenvalue weighted by atomic mass is 9.99. The van der Waals surface area contributed by atoms with Gasteiger partial charge in [0.25, 0.3) is 5.91 Å². The second kappa shape index (κ2) is 7.93. The molecular formula is C15H20N2O4S. The van der Waals surface area contributed by atoms with Gasteiger partial charge >= 0.3 is 12.0 Å². The van der Waals surface area contributed by atoms with Crippen LogP contribution in [-0.4, -0.2) is 31.1 Å². The summed E-state index contributed by atoms with van der Waals surface area (Å²) in [6.07, 6.45) is 5.08. The smallest absolute Gasteiger partial charge is 0.348 e. The first-order chi connectivity index (χ1) is 10.6. The average Bonchev–Trinajstić information content (AvgIpc) is 2.94. The quantitative estimate of drug-likeness (QED) is 0.812. The number of amides is 3. The normalized spacial score (nSPS) is 13.1. The molecule has 0 saturated heterocycles. The van der Waals surface area contributed by atoms with Gasteiger partial charge in [-0.05, 0) is 43.7 Å². The first-order valence-corrected chi connectivity index (χ1v) is 8.28. The second-order valence-electron chi connectivity index (χ2n) is 5.15. The number of thiophene rings is 1. The van der Waals surface area contributed by atoms with E-state index in [0.717, 1.165) is 32.1 Å². The van der Waals surface area contributed by atoms with Crippen LogP contribution in [0.1, 0.15) is 46.3 Å². The topological polar surface area (TPSA) is 84.5 Å². The predicted molar refractivity (Wildman–Crippen MR) is 83.1 cm³/mol. The number of rotatable bonds is 5. The summed E-state index contributed by atoms with van der Waals surface area (Å²) in [7, 11) is 0. The van der Waals surface area contributed by atoms with Gasteiger partial charge in [0.1, 0.15) is 4.88 Å². The van der Waals surface area contributed by atoms with Gasteiger partial charge in [0.15, 0.2) is 6.61 Å². The molecule has 2 rings (SSSR count). The fourth-order valence-corrected chi connectivity index (χ4v) is 3.39. The molecule has 6 nitrogen and oxygen atoms in total. The molecule has 22 heavy (non-hydrogen) atoms. The van der Waals surface area contributed by atoms with E-state index >= 15 is 0 Å². The lowest BCUT2D eigenvalue weighted by Crippen LogP contribution is -2.41. The first-order valence-electron chi connectivity index (χ1n) is 7.46. The van der Waals surface area contributed by atoms with Crippen molar-refractivity contribution in [2.24, 2.45) is 0 Å². The van der Waals surface area contributed by atoms with Crippen LogP contribution in [0, 0.1) is 0 Å². The number of carbonyl (C=O) groups excluding carboxylic acids is 3. The maximum atomic E-state index is 11.9. The molecule has 3 amide bonds. The summed E-state index contributed by atoms with van der Waals surface area (Å²) >= 11 is 1.43. The Hall–Kier alpha value is -1.89. The molecule has 0 unspecified atom stereocenters. The highest BCUT2D eigenvalue weighted by Gasteiger charge is 2.19. The average molecular weight is 324 g/mol. The van der Waals surface area contributed by atoms with Crippen molar-refractivity contribution < 1.29 is 19.1 Å². The summed E-state index contributed by atoms with van der Waals surface area (Å²) in [4.78, 5) is 36.5. The molecule has 1 aromatic heterocycles. The maximum Gasteiger partial charge on any atom is 0.348 e. The molecule has 0 spiro atoms. The summed E-state index contributed by atoms with van der Waals surface area (Å²) in [5, 5.41) is 4.61. The van der Waals surface area contributed by atoms with Crippen LogP contribution in [0.2, 0.25) is 0 Å². The number of hydrogen-bond donors (Lipinski definition) is 2. The van der Waals surface area contributed by atoms with Crippen molar-refractivity contribution in [3.05, 3.63) is 21.4 Å². The molecule has 120 valence electrons. The highest BCUT2D eigenvalue weighted by Crippen LogP contribution is 2.29. The molecule has 0 bridgehead atoms. The minimum atomic E-state index is -0.636. The van der Waals surface area contributed by atoms with Gasteiger partial charge in [-0.1, -0.05) is 6.92 Å². The standard InChI is InChI=1S/C15H20N2O4S/c1-2-7-16-15(20)17-13(18)9-21-14(19)12-8-10-5-3-4-6-11(10)22-12/h8H,2-7,9H2,1H3,(H2,16,17,18,20). The fraction of sp³-hybridized carbons (Fsp3) is 0.533. The molecule has 1 aromatic rings. The number of imide groups is 1. The Bertz CT molecular complexity index is 544. The van der Waals surface area contributed by atoms with E-state index in [1.165, 1.54) is 21.8 Å². The highest BCUT2D eigenvalue weighted by atomic mass is 32.1. The molecule has 7 heteroatoms. The van der Waals surface area contributed by atoms with E-state index in [9.17, 15) is 14.4 Å². The van der Waals surface area contributed by atoms with Gasteiger partial charge in [0.2, 0.25) is 0 Å². The minimum absolute atomic E-state index is 0.457. The van der Waals surface area contributed by atoms with Crippen LogP contribution in [0.15, 0.2) is 6.07 Å². The SMILES string of the molecule is CCCNC(=O)NC(=O)COC(=O)c1cc2c(s1)CCCC2. The van der Waals surface area contributed by atoms with Crippen molar-refractivity contribution in [1.29, 1.82) is 0 Å². The van der Waals surface area contributed by atoms with E-state index in [0.29, 0.717) is 11.4 Å². The zero-order valence-corrected chi connectivity index (χ0v) is 13.4. The molecular weight excluding hydrogens is 304 g/mol. The number of nitrogens with one attached hydrogen (secondary N) is 2. The van der Waals surface area contributed by atoms with Gasteiger partial charge in [-0.2, -0.15) is 0 Å². The van der Waals surface area contributed by atoms with Gasteiger partial charge < -0.3 is 10.1 Å². The first kappa shape index (κ1) is 16.5. The van der Waals surface area contributed by atoms with Crippen molar-refractivity contribution in [3.8, 4) is 0 Å². The van der Waals surface area contributed by atoms with Crippen molar-refractivity contribution in [1.82, 2.24) is 10.6 Å². The van der Waals surface area contributed by atoms with Crippen molar-refractivity contribution in [2.75, 3.05) is 13.2 Å². The lowest BCUT2D eigenvalue weighted by Gasteiger charge is -2.08. The third-order valence-electron chi connectivity index (χ3n) is 3.32. The van der Waals surface area contributed by atoms with E-state index in [4.69, 9.17) is 4.74 Å². The Labute approximate surface area is 133 Å². The lowest BCUT2D eigenvalue weighted by molar-refractivity contribution is -0.123. The Kier molecular flexibility index (Phi) is 5.94. The summed E-state index contributed by atoms with van der Waals surface area (Å²) in [6, 6.07) is 1.28. The molecule has 1 heterocycles. The van der Waals surface area contributed by atoms with Gasteiger partial charge in [-0.3, -0.25) is 10.1 Å². The van der Waals surface area contributed by atoms with Gasteiger partial charge in [0.05, 0.1) is 0 Å². The molecule has 1 aliphatic rings. The van der Waals surface area contributed by atoms with Crippen molar-refractivity contribution in [2.45, 2.75) is 39.0 Å². The molecule has 1 aliphatic carbocycles. The van der Waals surface area contributed by atoms with Gasteiger partial charge in [0, 0.05) is 11.4 Å². The molecule has 0 atom stereocenters. The Balaban J connectivity index is 1.78. The molecule has 0 fully saturated rings. The Morgan fingerprint density at radius 3 is 2.77 bits per heavy atom. The molecule has 0 saturated carbocycles. The van der Waals surface area contributed by atoms with E-state index in [2.05, 4.69) is 10.6 Å². The van der Waals surface area contributed by atoms with Crippen LogP contribution >= 0.6 is 11.3 Å². The maximum absolute atomic E-state index is 11.9. The summed E-state index contributed by atoms with van der Waals surface area (Å²) < 4.78 is 4.95. The van der Waals surface area contributed by atoms with Crippen LogP contribution in [-0.2, 0) is 22.4 Å². The third-order valence-corrected chi connectivity index (χ3v) is 4.54. The Morgan fingerprint density at radius 1 is 1.27 bits per heavy atom. The van der Waals surface area contributed by atoms with Crippen LogP contribution in [0.25, 0.3) is 0 Å². The number of aryl methyl sites for hydroxylation is 2.